The van der Waals surface area contributed by atoms with Gasteiger partial charge in [-0.25, -0.2) is 14.4 Å². The van der Waals surface area contributed by atoms with Crippen LogP contribution in [0.4, 0.5) is 19.0 Å². The quantitative estimate of drug-likeness (QED) is 0.378. The van der Waals surface area contributed by atoms with Crippen molar-refractivity contribution < 1.29 is 32.5 Å². The highest BCUT2D eigenvalue weighted by atomic mass is 19.3. The van der Waals surface area contributed by atoms with Crippen LogP contribution in [0.3, 0.4) is 0 Å². The Morgan fingerprint density at radius 2 is 1.74 bits per heavy atom. The van der Waals surface area contributed by atoms with Crippen molar-refractivity contribution in [3.63, 3.8) is 0 Å². The number of ether oxygens (including phenoxy) is 3. The van der Waals surface area contributed by atoms with Crippen LogP contribution in [0.25, 0.3) is 10.9 Å². The predicted molar refractivity (Wildman–Crippen MR) is 127 cm³/mol. The summed E-state index contributed by atoms with van der Waals surface area (Å²) < 4.78 is 60.0. The summed E-state index contributed by atoms with van der Waals surface area (Å²) in [4.78, 5) is 8.92. The van der Waals surface area contributed by atoms with E-state index in [2.05, 4.69) is 15.3 Å². The highest BCUT2D eigenvalue weighted by Crippen LogP contribution is 2.40. The molecule has 2 aromatic carbocycles. The molecular weight excluding hydrogens is 463 g/mol. The standard InChI is InChI=1S/C25H30F3N3O4/c1-14(16-9-17(11-18(26)10-16)25(27,28)24(3,4)32)29-23-19-12-22(35-8-7-33-5)21(34-6)13-20(19)30-15(2)31-23/h9-14,32H,7-8H2,1-6H3,(H,29,30,31). The maximum atomic E-state index is 14.7. The second-order valence-corrected chi connectivity index (χ2v) is 8.75. The van der Waals surface area contributed by atoms with Crippen molar-refractivity contribution in [3.05, 3.63) is 53.1 Å². The number of rotatable bonds is 10. The van der Waals surface area contributed by atoms with Gasteiger partial charge in [0.15, 0.2) is 11.5 Å². The molecule has 1 aromatic heterocycles. The van der Waals surface area contributed by atoms with Crippen molar-refractivity contribution >= 4 is 16.7 Å². The molecule has 0 fully saturated rings. The molecule has 2 N–H and O–H groups in total. The van der Waals surface area contributed by atoms with E-state index >= 15 is 0 Å². The Kier molecular flexibility index (Phi) is 7.76. The Hall–Kier alpha value is -3.11. The molecule has 190 valence electrons. The van der Waals surface area contributed by atoms with Gasteiger partial charge in [-0.15, -0.1) is 0 Å². The third-order valence-electron chi connectivity index (χ3n) is 5.54. The van der Waals surface area contributed by atoms with Crippen molar-refractivity contribution in [1.29, 1.82) is 0 Å². The Labute approximate surface area is 202 Å². The topological polar surface area (TPSA) is 85.7 Å². The summed E-state index contributed by atoms with van der Waals surface area (Å²) in [5.41, 5.74) is -2.14. The smallest absolute Gasteiger partial charge is 0.300 e. The average molecular weight is 494 g/mol. The molecule has 3 rings (SSSR count). The van der Waals surface area contributed by atoms with Gasteiger partial charge >= 0.3 is 5.92 Å². The third kappa shape index (κ3) is 5.76. The number of hydrogen-bond acceptors (Lipinski definition) is 7. The Morgan fingerprint density at radius 1 is 1.03 bits per heavy atom. The van der Waals surface area contributed by atoms with Crippen LogP contribution in [0.2, 0.25) is 0 Å². The van der Waals surface area contributed by atoms with Crippen LogP contribution < -0.4 is 14.8 Å². The van der Waals surface area contributed by atoms with Crippen LogP contribution in [-0.4, -0.2) is 48.1 Å². The molecule has 0 saturated heterocycles. The molecule has 1 heterocycles. The fraction of sp³-hybridized carbons (Fsp3) is 0.440. The van der Waals surface area contributed by atoms with Crippen molar-refractivity contribution in [3.8, 4) is 11.5 Å². The number of methoxy groups -OCH3 is 2. The van der Waals surface area contributed by atoms with E-state index in [1.165, 1.54) is 19.2 Å². The van der Waals surface area contributed by atoms with Crippen LogP contribution in [0.1, 0.15) is 43.8 Å². The minimum atomic E-state index is -3.66. The minimum absolute atomic E-state index is 0.262. The van der Waals surface area contributed by atoms with Crippen LogP contribution >= 0.6 is 0 Å². The van der Waals surface area contributed by atoms with Crippen LogP contribution in [0.5, 0.6) is 11.5 Å². The summed E-state index contributed by atoms with van der Waals surface area (Å²) in [6.45, 7) is 6.06. The average Bonchev–Trinajstić information content (AvgIpc) is 2.77. The number of halogens is 3. The molecule has 7 nitrogen and oxygen atoms in total. The number of alkyl halides is 2. The highest BCUT2D eigenvalue weighted by molar-refractivity contribution is 5.92. The maximum absolute atomic E-state index is 14.7. The SMILES string of the molecule is COCCOc1cc2c(NC(C)c3cc(F)cc(C(F)(F)C(C)(C)O)c3)nc(C)nc2cc1OC. The normalized spacial score (nSPS) is 13.1. The van der Waals surface area contributed by atoms with Gasteiger partial charge in [0.25, 0.3) is 0 Å². The van der Waals surface area contributed by atoms with E-state index in [1.54, 1.807) is 33.1 Å². The van der Waals surface area contributed by atoms with Gasteiger partial charge in [0.2, 0.25) is 0 Å². The zero-order valence-electron chi connectivity index (χ0n) is 20.6. The first-order valence-corrected chi connectivity index (χ1v) is 11.0. The van der Waals surface area contributed by atoms with Gasteiger partial charge in [0.05, 0.1) is 25.3 Å². The number of aryl methyl sites for hydroxylation is 1. The highest BCUT2D eigenvalue weighted by Gasteiger charge is 2.47. The van der Waals surface area contributed by atoms with E-state index in [0.717, 1.165) is 19.9 Å². The van der Waals surface area contributed by atoms with Crippen molar-refractivity contribution in [2.75, 3.05) is 32.8 Å². The lowest BCUT2D eigenvalue weighted by Crippen LogP contribution is -2.40. The van der Waals surface area contributed by atoms with Gasteiger partial charge in [-0.1, -0.05) is 0 Å². The maximum Gasteiger partial charge on any atom is 0.300 e. The molecule has 1 unspecified atom stereocenters. The zero-order chi connectivity index (χ0) is 26.0. The van der Waals surface area contributed by atoms with E-state index in [9.17, 15) is 18.3 Å². The van der Waals surface area contributed by atoms with Gasteiger partial charge in [-0.05, 0) is 57.5 Å². The zero-order valence-corrected chi connectivity index (χ0v) is 20.6. The predicted octanol–water partition coefficient (Wildman–Crippen LogP) is 5.15. The van der Waals surface area contributed by atoms with Crippen molar-refractivity contribution in [2.24, 2.45) is 0 Å². The summed E-state index contributed by atoms with van der Waals surface area (Å²) in [5.74, 6) is -2.67. The van der Waals surface area contributed by atoms with E-state index in [0.29, 0.717) is 47.3 Å². The lowest BCUT2D eigenvalue weighted by Gasteiger charge is -2.30. The number of anilines is 1. The number of aromatic nitrogens is 2. The van der Waals surface area contributed by atoms with Gasteiger partial charge in [0.1, 0.15) is 29.7 Å². The first-order chi connectivity index (χ1) is 16.4. The molecule has 1 atom stereocenters. The van der Waals surface area contributed by atoms with E-state index in [-0.39, 0.29) is 5.56 Å². The molecule has 0 bridgehead atoms. The van der Waals surface area contributed by atoms with Crippen LogP contribution in [-0.2, 0) is 10.7 Å². The third-order valence-corrected chi connectivity index (χ3v) is 5.54. The molecule has 0 radical (unpaired) electrons. The molecule has 10 heteroatoms. The lowest BCUT2D eigenvalue weighted by atomic mass is 9.91. The number of nitrogens with one attached hydrogen (secondary N) is 1. The molecule has 0 saturated carbocycles. The summed E-state index contributed by atoms with van der Waals surface area (Å²) >= 11 is 0. The lowest BCUT2D eigenvalue weighted by molar-refractivity contribution is -0.168. The second-order valence-electron chi connectivity index (χ2n) is 8.75. The molecule has 3 aromatic rings. The van der Waals surface area contributed by atoms with Crippen molar-refractivity contribution in [1.82, 2.24) is 9.97 Å². The second kappa shape index (κ2) is 10.2. The summed E-state index contributed by atoms with van der Waals surface area (Å²) in [6.07, 6.45) is 0. The van der Waals surface area contributed by atoms with Gasteiger partial charge in [-0.3, -0.25) is 0 Å². The molecule has 0 aliphatic rings. The number of benzene rings is 2. The minimum Gasteiger partial charge on any atom is -0.493 e. The molecule has 0 aliphatic carbocycles. The largest absolute Gasteiger partial charge is 0.493 e. The first kappa shape index (κ1) is 26.5. The van der Waals surface area contributed by atoms with Gasteiger partial charge < -0.3 is 24.6 Å². The number of fused-ring (bicyclic) bond motifs is 1. The number of aliphatic hydroxyl groups is 1. The molecular formula is C25H30F3N3O4. The van der Waals surface area contributed by atoms with Crippen molar-refractivity contribution in [2.45, 2.75) is 45.3 Å². The molecule has 0 amide bonds. The molecule has 0 aliphatic heterocycles. The van der Waals surface area contributed by atoms with Gasteiger partial charge in [0, 0.05) is 24.1 Å². The van der Waals surface area contributed by atoms with E-state index in [4.69, 9.17) is 14.2 Å². The fourth-order valence-corrected chi connectivity index (χ4v) is 3.56. The number of hydrogen-bond donors (Lipinski definition) is 2. The first-order valence-electron chi connectivity index (χ1n) is 11.0. The Bertz CT molecular complexity index is 1200. The number of nitrogens with zero attached hydrogens (tertiary/aromatic N) is 2. The molecule has 0 spiro atoms. The van der Waals surface area contributed by atoms with E-state index < -0.39 is 28.9 Å². The van der Waals surface area contributed by atoms with Crippen LogP contribution in [0, 0.1) is 12.7 Å². The summed E-state index contributed by atoms with van der Waals surface area (Å²) in [7, 11) is 3.08. The summed E-state index contributed by atoms with van der Waals surface area (Å²) in [6, 6.07) is 5.90. The van der Waals surface area contributed by atoms with Gasteiger partial charge in [-0.2, -0.15) is 8.78 Å². The Balaban J connectivity index is 2.02. The fourth-order valence-electron chi connectivity index (χ4n) is 3.56. The van der Waals surface area contributed by atoms with Crippen LogP contribution in [0.15, 0.2) is 30.3 Å². The monoisotopic (exact) mass is 493 g/mol. The Morgan fingerprint density at radius 3 is 2.37 bits per heavy atom. The molecule has 35 heavy (non-hydrogen) atoms. The van der Waals surface area contributed by atoms with E-state index in [1.807, 2.05) is 0 Å². The summed E-state index contributed by atoms with van der Waals surface area (Å²) in [5, 5.41) is 13.7.